The first-order valence-electron chi connectivity index (χ1n) is 9.44. The molecule has 1 aromatic carbocycles. The zero-order valence-corrected chi connectivity index (χ0v) is 15.1. The third-order valence-corrected chi connectivity index (χ3v) is 5.49. The van der Waals surface area contributed by atoms with Crippen LogP contribution in [0, 0.1) is 5.92 Å². The average molecular weight is 354 g/mol. The summed E-state index contributed by atoms with van der Waals surface area (Å²) in [7, 11) is 1.97. The number of carbonyl (C=O) groups excluding carboxylic acids is 1. The monoisotopic (exact) mass is 354 g/mol. The third kappa shape index (κ3) is 3.52. The number of ether oxygens (including phenoxy) is 1. The van der Waals surface area contributed by atoms with Crippen LogP contribution < -0.4 is 10.6 Å². The highest BCUT2D eigenvalue weighted by Gasteiger charge is 2.30. The topological polar surface area (TPSA) is 68.2 Å². The SMILES string of the molecule is Cn1nccc1[C@@H]1OCCC[C@H]1CNC1CCC(=O)Nc2ccccc21. The number of hydrogen-bond acceptors (Lipinski definition) is 4. The molecule has 1 amide bonds. The number of para-hydroxylation sites is 1. The second kappa shape index (κ2) is 7.60. The minimum absolute atomic E-state index is 0.0736. The first-order chi connectivity index (χ1) is 12.7. The van der Waals surface area contributed by atoms with Crippen LogP contribution in [0.4, 0.5) is 5.69 Å². The molecule has 0 saturated carbocycles. The molecule has 138 valence electrons. The van der Waals surface area contributed by atoms with Gasteiger partial charge in [-0.2, -0.15) is 5.10 Å². The molecule has 0 radical (unpaired) electrons. The van der Waals surface area contributed by atoms with E-state index in [1.165, 1.54) is 5.56 Å². The maximum Gasteiger partial charge on any atom is 0.224 e. The second-order valence-corrected chi connectivity index (χ2v) is 7.21. The Bertz CT molecular complexity index is 773. The van der Waals surface area contributed by atoms with E-state index in [0.717, 1.165) is 43.8 Å². The maximum atomic E-state index is 12.0. The summed E-state index contributed by atoms with van der Waals surface area (Å²) in [5.41, 5.74) is 3.23. The van der Waals surface area contributed by atoms with E-state index in [2.05, 4.69) is 21.8 Å². The zero-order valence-electron chi connectivity index (χ0n) is 15.1. The number of anilines is 1. The van der Waals surface area contributed by atoms with Gasteiger partial charge in [0.1, 0.15) is 6.10 Å². The lowest BCUT2D eigenvalue weighted by Gasteiger charge is -2.33. The van der Waals surface area contributed by atoms with Gasteiger partial charge in [0.05, 0.1) is 5.69 Å². The number of rotatable bonds is 4. The highest BCUT2D eigenvalue weighted by molar-refractivity contribution is 5.92. The van der Waals surface area contributed by atoms with Crippen LogP contribution in [0.2, 0.25) is 0 Å². The minimum Gasteiger partial charge on any atom is -0.372 e. The first kappa shape index (κ1) is 17.2. The highest BCUT2D eigenvalue weighted by atomic mass is 16.5. The van der Waals surface area contributed by atoms with Crippen molar-refractivity contribution in [2.45, 2.75) is 37.8 Å². The van der Waals surface area contributed by atoms with Crippen molar-refractivity contribution in [3.8, 4) is 0 Å². The predicted molar refractivity (Wildman–Crippen MR) is 99.7 cm³/mol. The van der Waals surface area contributed by atoms with Crippen LogP contribution in [-0.4, -0.2) is 28.8 Å². The molecule has 0 spiro atoms. The molecule has 2 aromatic rings. The molecule has 4 rings (SSSR count). The van der Waals surface area contributed by atoms with Crippen molar-refractivity contribution in [2.75, 3.05) is 18.5 Å². The van der Waals surface area contributed by atoms with E-state index in [-0.39, 0.29) is 18.1 Å². The number of benzene rings is 1. The van der Waals surface area contributed by atoms with Gasteiger partial charge in [-0.25, -0.2) is 0 Å². The van der Waals surface area contributed by atoms with Gasteiger partial charge in [-0.05, 0) is 37.0 Å². The van der Waals surface area contributed by atoms with Crippen LogP contribution in [-0.2, 0) is 16.6 Å². The summed E-state index contributed by atoms with van der Waals surface area (Å²) in [4.78, 5) is 12.0. The number of hydrogen-bond donors (Lipinski definition) is 2. The maximum absolute atomic E-state index is 12.0. The number of nitrogens with one attached hydrogen (secondary N) is 2. The Kier molecular flexibility index (Phi) is 5.04. The molecule has 26 heavy (non-hydrogen) atoms. The Morgan fingerprint density at radius 3 is 3.04 bits per heavy atom. The summed E-state index contributed by atoms with van der Waals surface area (Å²) < 4.78 is 8.01. The van der Waals surface area contributed by atoms with Gasteiger partial charge in [0.25, 0.3) is 0 Å². The molecule has 1 aromatic heterocycles. The summed E-state index contributed by atoms with van der Waals surface area (Å²) in [5, 5.41) is 11.0. The fourth-order valence-corrected chi connectivity index (χ4v) is 4.11. The van der Waals surface area contributed by atoms with E-state index in [0.29, 0.717) is 12.3 Å². The lowest BCUT2D eigenvalue weighted by molar-refractivity contribution is -0.116. The quantitative estimate of drug-likeness (QED) is 0.886. The van der Waals surface area contributed by atoms with Crippen molar-refractivity contribution in [1.29, 1.82) is 0 Å². The van der Waals surface area contributed by atoms with Gasteiger partial charge < -0.3 is 15.4 Å². The van der Waals surface area contributed by atoms with E-state index in [1.807, 2.05) is 42.2 Å². The normalized spacial score (nSPS) is 26.0. The van der Waals surface area contributed by atoms with Crippen LogP contribution in [0.3, 0.4) is 0 Å². The van der Waals surface area contributed by atoms with Crippen molar-refractivity contribution >= 4 is 11.6 Å². The number of amides is 1. The van der Waals surface area contributed by atoms with Gasteiger partial charge in [-0.15, -0.1) is 0 Å². The summed E-state index contributed by atoms with van der Waals surface area (Å²) >= 11 is 0. The molecule has 1 fully saturated rings. The Balaban J connectivity index is 1.49. The Morgan fingerprint density at radius 1 is 1.31 bits per heavy atom. The molecule has 1 unspecified atom stereocenters. The molecule has 1 saturated heterocycles. The molecule has 6 nitrogen and oxygen atoms in total. The van der Waals surface area contributed by atoms with Crippen molar-refractivity contribution in [2.24, 2.45) is 13.0 Å². The molecule has 2 N–H and O–H groups in total. The summed E-state index contributed by atoms with van der Waals surface area (Å²) in [6, 6.07) is 10.3. The standard InChI is InChI=1S/C20H26N4O2/c1-24-18(10-11-22-24)20-14(5-4-12-26-20)13-21-16-8-9-19(25)23-17-7-3-2-6-15(16)17/h2-3,6-7,10-11,14,16,20-21H,4-5,8-9,12-13H2,1H3,(H,23,25)/t14-,16?,20+/m0/s1. The van der Waals surface area contributed by atoms with Gasteiger partial charge in [0.15, 0.2) is 0 Å². The van der Waals surface area contributed by atoms with Crippen molar-refractivity contribution in [3.63, 3.8) is 0 Å². The van der Waals surface area contributed by atoms with Crippen LogP contribution in [0.15, 0.2) is 36.5 Å². The van der Waals surface area contributed by atoms with E-state index in [1.54, 1.807) is 0 Å². The van der Waals surface area contributed by atoms with Crippen molar-refractivity contribution < 1.29 is 9.53 Å². The highest BCUT2D eigenvalue weighted by Crippen LogP contribution is 2.35. The summed E-state index contributed by atoms with van der Waals surface area (Å²) in [6.07, 6.45) is 5.47. The Labute approximate surface area is 153 Å². The molecular formula is C20H26N4O2. The molecule has 0 bridgehead atoms. The molecule has 2 aliphatic rings. The fraction of sp³-hybridized carbons (Fsp3) is 0.500. The van der Waals surface area contributed by atoms with E-state index >= 15 is 0 Å². The van der Waals surface area contributed by atoms with E-state index in [4.69, 9.17) is 4.74 Å². The third-order valence-electron chi connectivity index (χ3n) is 5.49. The van der Waals surface area contributed by atoms with Gasteiger partial charge in [-0.3, -0.25) is 9.48 Å². The lowest BCUT2D eigenvalue weighted by atomic mass is 9.91. The van der Waals surface area contributed by atoms with Gasteiger partial charge >= 0.3 is 0 Å². The largest absolute Gasteiger partial charge is 0.372 e. The van der Waals surface area contributed by atoms with Gasteiger partial charge in [0, 0.05) is 50.5 Å². The zero-order chi connectivity index (χ0) is 17.9. The number of aromatic nitrogens is 2. The van der Waals surface area contributed by atoms with Crippen LogP contribution in [0.25, 0.3) is 0 Å². The smallest absolute Gasteiger partial charge is 0.224 e. The van der Waals surface area contributed by atoms with E-state index < -0.39 is 0 Å². The number of fused-ring (bicyclic) bond motifs is 1. The fourth-order valence-electron chi connectivity index (χ4n) is 4.11. The Hall–Kier alpha value is -2.18. The van der Waals surface area contributed by atoms with Crippen LogP contribution in [0.1, 0.15) is 49.1 Å². The number of carbonyl (C=O) groups is 1. The molecule has 2 aliphatic heterocycles. The van der Waals surface area contributed by atoms with Gasteiger partial charge in [0.2, 0.25) is 5.91 Å². The molecule has 0 aliphatic carbocycles. The minimum atomic E-state index is 0.0736. The van der Waals surface area contributed by atoms with Gasteiger partial charge in [-0.1, -0.05) is 18.2 Å². The summed E-state index contributed by atoms with van der Waals surface area (Å²) in [5.74, 6) is 0.494. The number of nitrogens with zero attached hydrogens (tertiary/aromatic N) is 2. The summed E-state index contributed by atoms with van der Waals surface area (Å²) in [6.45, 7) is 1.67. The number of aryl methyl sites for hydroxylation is 1. The van der Waals surface area contributed by atoms with Crippen molar-refractivity contribution in [1.82, 2.24) is 15.1 Å². The lowest BCUT2D eigenvalue weighted by Crippen LogP contribution is -2.34. The van der Waals surface area contributed by atoms with Crippen LogP contribution >= 0.6 is 0 Å². The Morgan fingerprint density at radius 2 is 2.19 bits per heavy atom. The molecular weight excluding hydrogens is 328 g/mol. The van der Waals surface area contributed by atoms with E-state index in [9.17, 15) is 4.79 Å². The first-order valence-corrected chi connectivity index (χ1v) is 9.44. The predicted octanol–water partition coefficient (Wildman–Crippen LogP) is 2.95. The second-order valence-electron chi connectivity index (χ2n) is 7.21. The molecule has 3 heterocycles. The van der Waals surface area contributed by atoms with Crippen LogP contribution in [0.5, 0.6) is 0 Å². The average Bonchev–Trinajstić information content (AvgIpc) is 3.01. The molecule has 3 atom stereocenters. The van der Waals surface area contributed by atoms with Crippen molar-refractivity contribution in [3.05, 3.63) is 47.8 Å². The molecule has 6 heteroatoms.